The van der Waals surface area contributed by atoms with Gasteiger partial charge in [0.15, 0.2) is 5.13 Å². The molecule has 2 aromatic carbocycles. The molecule has 3 rings (SSSR count). The normalized spacial score (nSPS) is 10.8. The molecule has 0 spiro atoms. The zero-order chi connectivity index (χ0) is 14.7. The number of hydrogen-bond acceptors (Lipinski definition) is 4. The predicted octanol–water partition coefficient (Wildman–Crippen LogP) is 4.89. The minimum Gasteiger partial charge on any atom is -0.355 e. The zero-order valence-electron chi connectivity index (χ0n) is 12.3. The number of nitrogens with zero attached hydrogens (tertiary/aromatic N) is 2. The first-order chi connectivity index (χ1) is 10.3. The second-order valence-corrected chi connectivity index (χ2v) is 5.85. The zero-order valence-corrected chi connectivity index (χ0v) is 13.2. The summed E-state index contributed by atoms with van der Waals surface area (Å²) in [6.07, 6.45) is 0. The van der Waals surface area contributed by atoms with Crippen LogP contribution in [0.3, 0.4) is 0 Å². The predicted molar refractivity (Wildman–Crippen MR) is 92.9 cm³/mol. The van der Waals surface area contributed by atoms with Crippen molar-refractivity contribution in [2.24, 2.45) is 0 Å². The number of hydrogen-bond donors (Lipinski definition) is 1. The van der Waals surface area contributed by atoms with E-state index in [1.165, 1.54) is 4.70 Å². The molecule has 1 aromatic heterocycles. The molecule has 0 amide bonds. The summed E-state index contributed by atoms with van der Waals surface area (Å²) in [6, 6.07) is 16.6. The average molecular weight is 297 g/mol. The molecule has 1 heterocycles. The summed E-state index contributed by atoms with van der Waals surface area (Å²) >= 11 is 1.75. The molecule has 108 valence electrons. The first-order valence-corrected chi connectivity index (χ1v) is 8.09. The maximum absolute atomic E-state index is 4.72. The van der Waals surface area contributed by atoms with E-state index in [1.807, 2.05) is 18.2 Å². The van der Waals surface area contributed by atoms with Gasteiger partial charge in [-0.1, -0.05) is 29.5 Å². The third-order valence-corrected chi connectivity index (χ3v) is 4.55. The number of rotatable bonds is 5. The highest BCUT2D eigenvalue weighted by Gasteiger charge is 2.09. The highest BCUT2D eigenvalue weighted by atomic mass is 32.1. The van der Waals surface area contributed by atoms with Crippen LogP contribution in [0.2, 0.25) is 0 Å². The van der Waals surface area contributed by atoms with Gasteiger partial charge in [0.1, 0.15) is 0 Å². The molecule has 4 heteroatoms. The van der Waals surface area contributed by atoms with Crippen LogP contribution >= 0.6 is 11.3 Å². The summed E-state index contributed by atoms with van der Waals surface area (Å²) in [5.74, 6) is 0. The summed E-state index contributed by atoms with van der Waals surface area (Å²) in [7, 11) is 0. The smallest absolute Gasteiger partial charge is 0.186 e. The summed E-state index contributed by atoms with van der Waals surface area (Å²) in [6.45, 7) is 6.31. The lowest BCUT2D eigenvalue weighted by molar-refractivity contribution is 0.862. The molecule has 3 aromatic rings. The Bertz CT molecular complexity index is 717. The van der Waals surface area contributed by atoms with Crippen molar-refractivity contribution in [3.05, 3.63) is 48.5 Å². The SMILES string of the molecule is CCN(CC)c1nc2ccc(Nc3ccccc3)cc2s1. The molecule has 0 unspecified atom stereocenters. The molecule has 1 N–H and O–H groups in total. The van der Waals surface area contributed by atoms with Crippen LogP contribution in [-0.2, 0) is 0 Å². The summed E-state index contributed by atoms with van der Waals surface area (Å²) in [5.41, 5.74) is 3.27. The third kappa shape index (κ3) is 3.00. The van der Waals surface area contributed by atoms with Gasteiger partial charge in [0.25, 0.3) is 0 Å². The Morgan fingerprint density at radius 3 is 2.48 bits per heavy atom. The van der Waals surface area contributed by atoms with Gasteiger partial charge in [-0.15, -0.1) is 0 Å². The second kappa shape index (κ2) is 6.14. The molecule has 0 aliphatic rings. The average Bonchev–Trinajstić information content (AvgIpc) is 2.92. The Morgan fingerprint density at radius 1 is 1.00 bits per heavy atom. The lowest BCUT2D eigenvalue weighted by Crippen LogP contribution is -2.21. The van der Waals surface area contributed by atoms with Crippen molar-refractivity contribution in [1.82, 2.24) is 4.98 Å². The number of aromatic nitrogens is 1. The topological polar surface area (TPSA) is 28.2 Å². The van der Waals surface area contributed by atoms with E-state index in [1.54, 1.807) is 11.3 Å². The summed E-state index contributed by atoms with van der Waals surface area (Å²) < 4.78 is 1.22. The fourth-order valence-electron chi connectivity index (χ4n) is 2.31. The van der Waals surface area contributed by atoms with Gasteiger partial charge in [0.05, 0.1) is 10.2 Å². The quantitative estimate of drug-likeness (QED) is 0.727. The van der Waals surface area contributed by atoms with Gasteiger partial charge >= 0.3 is 0 Å². The highest BCUT2D eigenvalue weighted by Crippen LogP contribution is 2.31. The van der Waals surface area contributed by atoms with Gasteiger partial charge in [0.2, 0.25) is 0 Å². The molecule has 21 heavy (non-hydrogen) atoms. The molecule has 3 nitrogen and oxygen atoms in total. The molecule has 0 saturated carbocycles. The van der Waals surface area contributed by atoms with E-state index in [9.17, 15) is 0 Å². The van der Waals surface area contributed by atoms with E-state index in [4.69, 9.17) is 4.98 Å². The number of para-hydroxylation sites is 1. The maximum atomic E-state index is 4.72. The van der Waals surface area contributed by atoms with Crippen LogP contribution in [-0.4, -0.2) is 18.1 Å². The van der Waals surface area contributed by atoms with Gasteiger partial charge in [-0.05, 0) is 44.2 Å². The van der Waals surface area contributed by atoms with Crippen molar-refractivity contribution in [2.45, 2.75) is 13.8 Å². The molecule has 0 fully saturated rings. The van der Waals surface area contributed by atoms with Crippen LogP contribution < -0.4 is 10.2 Å². The Balaban J connectivity index is 1.89. The van der Waals surface area contributed by atoms with Gasteiger partial charge in [-0.3, -0.25) is 0 Å². The first-order valence-electron chi connectivity index (χ1n) is 7.27. The van der Waals surface area contributed by atoms with Crippen LogP contribution in [0, 0.1) is 0 Å². The largest absolute Gasteiger partial charge is 0.355 e. The van der Waals surface area contributed by atoms with Crippen LogP contribution in [0.25, 0.3) is 10.2 Å². The third-order valence-electron chi connectivity index (χ3n) is 3.47. The van der Waals surface area contributed by atoms with E-state index in [0.717, 1.165) is 35.1 Å². The minimum atomic E-state index is 0.992. The minimum absolute atomic E-state index is 0.992. The maximum Gasteiger partial charge on any atom is 0.186 e. The lowest BCUT2D eigenvalue weighted by atomic mass is 10.2. The molecule has 0 aliphatic heterocycles. The molecule has 0 atom stereocenters. The number of thiazole rings is 1. The Kier molecular flexibility index (Phi) is 4.06. The van der Waals surface area contributed by atoms with E-state index in [-0.39, 0.29) is 0 Å². The summed E-state index contributed by atoms with van der Waals surface area (Å²) in [4.78, 5) is 7.01. The van der Waals surface area contributed by atoms with Crippen molar-refractivity contribution in [1.29, 1.82) is 0 Å². The van der Waals surface area contributed by atoms with Crippen LogP contribution in [0.5, 0.6) is 0 Å². The molecular formula is C17H19N3S. The molecule has 0 aliphatic carbocycles. The van der Waals surface area contributed by atoms with E-state index >= 15 is 0 Å². The van der Waals surface area contributed by atoms with Gasteiger partial charge in [-0.2, -0.15) is 0 Å². The van der Waals surface area contributed by atoms with Crippen molar-refractivity contribution in [2.75, 3.05) is 23.3 Å². The second-order valence-electron chi connectivity index (χ2n) is 4.84. The van der Waals surface area contributed by atoms with E-state index in [2.05, 4.69) is 54.4 Å². The highest BCUT2D eigenvalue weighted by molar-refractivity contribution is 7.22. The number of benzene rings is 2. The number of fused-ring (bicyclic) bond motifs is 1. The van der Waals surface area contributed by atoms with Crippen molar-refractivity contribution >= 4 is 38.1 Å². The standard InChI is InChI=1S/C17H19N3S/c1-3-20(4-2)17-19-15-11-10-14(12-16(15)21-17)18-13-8-6-5-7-9-13/h5-12,18H,3-4H2,1-2H3. The monoisotopic (exact) mass is 297 g/mol. The summed E-state index contributed by atoms with van der Waals surface area (Å²) in [5, 5.41) is 4.53. The first kappa shape index (κ1) is 13.9. The fraction of sp³-hybridized carbons (Fsp3) is 0.235. The molecule has 0 saturated heterocycles. The molecular weight excluding hydrogens is 278 g/mol. The van der Waals surface area contributed by atoms with Crippen molar-refractivity contribution < 1.29 is 0 Å². The Morgan fingerprint density at radius 2 is 1.76 bits per heavy atom. The van der Waals surface area contributed by atoms with Crippen molar-refractivity contribution in [3.63, 3.8) is 0 Å². The molecule has 0 radical (unpaired) electrons. The van der Waals surface area contributed by atoms with E-state index < -0.39 is 0 Å². The van der Waals surface area contributed by atoms with Crippen LogP contribution in [0.4, 0.5) is 16.5 Å². The fourth-order valence-corrected chi connectivity index (χ4v) is 3.44. The van der Waals surface area contributed by atoms with E-state index in [0.29, 0.717) is 0 Å². The van der Waals surface area contributed by atoms with Crippen LogP contribution in [0.15, 0.2) is 48.5 Å². The Hall–Kier alpha value is -2.07. The van der Waals surface area contributed by atoms with Gasteiger partial charge < -0.3 is 10.2 Å². The van der Waals surface area contributed by atoms with Gasteiger partial charge in [0, 0.05) is 24.5 Å². The lowest BCUT2D eigenvalue weighted by Gasteiger charge is -2.16. The van der Waals surface area contributed by atoms with Crippen molar-refractivity contribution in [3.8, 4) is 0 Å². The van der Waals surface area contributed by atoms with Crippen LogP contribution in [0.1, 0.15) is 13.8 Å². The molecule has 0 bridgehead atoms. The number of nitrogens with one attached hydrogen (secondary N) is 1. The Labute approximate surface area is 129 Å². The number of anilines is 3. The van der Waals surface area contributed by atoms with Gasteiger partial charge in [-0.25, -0.2) is 4.98 Å².